The Kier molecular flexibility index (Phi) is 10.7. The first-order valence-corrected chi connectivity index (χ1v) is 17.1. The van der Waals surface area contributed by atoms with Gasteiger partial charge in [-0.25, -0.2) is 27.7 Å². The Balaban J connectivity index is 1.81. The van der Waals surface area contributed by atoms with Crippen LogP contribution in [0.4, 0.5) is 10.7 Å². The minimum absolute atomic E-state index is 0.00827. The number of hydrogen-bond acceptors (Lipinski definition) is 9. The van der Waals surface area contributed by atoms with Crippen LogP contribution in [-0.2, 0) is 20.2 Å². The molecule has 1 amide bonds. The molecule has 13 heteroatoms. The smallest absolute Gasteiger partial charge is 0.410 e. The molecule has 4 rings (SSSR count). The summed E-state index contributed by atoms with van der Waals surface area (Å²) < 4.78 is 41.3. The first-order valence-electron chi connectivity index (χ1n) is 15.6. The fraction of sp³-hybridized carbons (Fsp3) is 0.361. The van der Waals surface area contributed by atoms with Gasteiger partial charge in [0.05, 0.1) is 28.4 Å². The molecule has 0 fully saturated rings. The van der Waals surface area contributed by atoms with Crippen LogP contribution >= 0.6 is 0 Å². The van der Waals surface area contributed by atoms with Gasteiger partial charge in [0, 0.05) is 24.9 Å². The average molecular weight is 690 g/mol. The Morgan fingerprint density at radius 1 is 0.939 bits per heavy atom. The molecule has 0 aliphatic carbocycles. The van der Waals surface area contributed by atoms with Crippen molar-refractivity contribution in [2.45, 2.75) is 77.4 Å². The monoisotopic (exact) mass is 689 g/mol. The third-order valence-electron chi connectivity index (χ3n) is 7.45. The van der Waals surface area contributed by atoms with E-state index in [0.717, 1.165) is 28.3 Å². The van der Waals surface area contributed by atoms with Crippen molar-refractivity contribution in [1.82, 2.24) is 19.9 Å². The predicted molar refractivity (Wildman–Crippen MR) is 186 cm³/mol. The number of likely N-dealkylation sites (N-methyl/N-ethyl adjacent to an activating group) is 1. The molecule has 1 unspecified atom stereocenters. The van der Waals surface area contributed by atoms with Crippen LogP contribution in [0.15, 0.2) is 71.8 Å². The van der Waals surface area contributed by atoms with Gasteiger partial charge in [-0.1, -0.05) is 51.1 Å². The van der Waals surface area contributed by atoms with Crippen LogP contribution in [0.3, 0.4) is 0 Å². The number of carboxylic acid groups (broad SMARTS) is 1. The number of anilines is 1. The van der Waals surface area contributed by atoms with E-state index in [1.807, 2.05) is 44.2 Å². The van der Waals surface area contributed by atoms with E-state index in [4.69, 9.17) is 9.47 Å². The van der Waals surface area contributed by atoms with E-state index in [2.05, 4.69) is 40.4 Å². The Morgan fingerprint density at radius 3 is 2.16 bits per heavy atom. The number of aromatic nitrogens is 3. The molecule has 2 aromatic carbocycles. The molecule has 0 radical (unpaired) electrons. The lowest BCUT2D eigenvalue weighted by Gasteiger charge is -2.28. The van der Waals surface area contributed by atoms with E-state index in [-0.39, 0.29) is 34.2 Å². The van der Waals surface area contributed by atoms with Crippen molar-refractivity contribution < 1.29 is 32.6 Å². The van der Waals surface area contributed by atoms with E-state index in [9.17, 15) is 23.1 Å². The zero-order chi connectivity index (χ0) is 36.3. The number of aromatic carboxylic acids is 1. The lowest BCUT2D eigenvalue weighted by Crippen LogP contribution is -2.37. The van der Waals surface area contributed by atoms with Crippen LogP contribution < -0.4 is 9.46 Å². The number of benzene rings is 2. The first kappa shape index (κ1) is 36.8. The molecule has 0 aliphatic heterocycles. The Bertz CT molecular complexity index is 1930. The van der Waals surface area contributed by atoms with E-state index in [0.29, 0.717) is 11.4 Å². The van der Waals surface area contributed by atoms with Crippen LogP contribution in [0.2, 0.25) is 0 Å². The van der Waals surface area contributed by atoms with E-state index >= 15 is 0 Å². The van der Waals surface area contributed by atoms with Crippen LogP contribution in [-0.4, -0.2) is 64.6 Å². The Labute approximate surface area is 287 Å². The molecule has 12 nitrogen and oxygen atoms in total. The number of rotatable bonds is 10. The number of sulfonamides is 1. The summed E-state index contributed by atoms with van der Waals surface area (Å²) in [4.78, 5) is 39.2. The van der Waals surface area contributed by atoms with Gasteiger partial charge in [0.1, 0.15) is 5.60 Å². The van der Waals surface area contributed by atoms with E-state index in [1.165, 1.54) is 23.1 Å². The third kappa shape index (κ3) is 9.53. The number of carboxylic acids is 1. The number of hydrogen-bond donors (Lipinski definition) is 2. The number of ether oxygens (including phenoxy) is 2. The molecule has 2 N–H and O–H groups in total. The fourth-order valence-corrected chi connectivity index (χ4v) is 5.88. The quantitative estimate of drug-likeness (QED) is 0.178. The summed E-state index contributed by atoms with van der Waals surface area (Å²) in [5.41, 5.74) is 3.32. The van der Waals surface area contributed by atoms with Gasteiger partial charge in [-0.3, -0.25) is 4.98 Å². The normalized spacial score (nSPS) is 12.6. The summed E-state index contributed by atoms with van der Waals surface area (Å²) in [6, 6.07) is 16.0. The van der Waals surface area contributed by atoms with Gasteiger partial charge in [-0.15, -0.1) is 0 Å². The van der Waals surface area contributed by atoms with Gasteiger partial charge in [-0.05, 0) is 81.0 Å². The van der Waals surface area contributed by atoms with E-state index < -0.39 is 33.8 Å². The van der Waals surface area contributed by atoms with Crippen LogP contribution in [0, 0.1) is 13.8 Å². The van der Waals surface area contributed by atoms with Crippen LogP contribution in [0.5, 0.6) is 5.88 Å². The first-order chi connectivity index (χ1) is 22.7. The molecule has 2 aromatic heterocycles. The van der Waals surface area contributed by atoms with Crippen molar-refractivity contribution in [1.29, 1.82) is 0 Å². The van der Waals surface area contributed by atoms with Crippen molar-refractivity contribution in [3.8, 4) is 17.1 Å². The van der Waals surface area contributed by atoms with Crippen molar-refractivity contribution in [3.05, 3.63) is 94.8 Å². The minimum atomic E-state index is -4.33. The lowest BCUT2D eigenvalue weighted by molar-refractivity contribution is 0.0220. The highest BCUT2D eigenvalue weighted by atomic mass is 32.2. The summed E-state index contributed by atoms with van der Waals surface area (Å²) in [5, 5.41) is 9.41. The van der Waals surface area contributed by atoms with Gasteiger partial charge >= 0.3 is 12.1 Å². The molecule has 2 heterocycles. The summed E-state index contributed by atoms with van der Waals surface area (Å²) in [6.07, 6.45) is 0.332. The topological polar surface area (TPSA) is 161 Å². The summed E-state index contributed by atoms with van der Waals surface area (Å²) >= 11 is 0. The van der Waals surface area contributed by atoms with Gasteiger partial charge < -0.3 is 19.5 Å². The fourth-order valence-electron chi connectivity index (χ4n) is 4.89. The number of nitrogens with one attached hydrogen (secondary N) is 1. The maximum Gasteiger partial charge on any atom is 0.410 e. The maximum absolute atomic E-state index is 13.5. The van der Waals surface area contributed by atoms with Crippen LogP contribution in [0.25, 0.3) is 11.3 Å². The highest BCUT2D eigenvalue weighted by molar-refractivity contribution is 7.92. The Morgan fingerprint density at radius 2 is 1.59 bits per heavy atom. The largest absolute Gasteiger partial charge is 0.478 e. The maximum atomic E-state index is 13.5. The zero-order valence-electron chi connectivity index (χ0n) is 29.2. The number of nitrogens with zero attached hydrogens (tertiary/aromatic N) is 4. The van der Waals surface area contributed by atoms with Gasteiger partial charge in [-0.2, -0.15) is 4.98 Å². The zero-order valence-corrected chi connectivity index (χ0v) is 30.0. The standard InChI is InChI=1S/C36H43N5O7S/c1-22-12-10-13-23(2)31(22)28-19-30(39-33(38-28)40-49(45,46)26-15-11-14-24(18-26)32(42)43)47-29(21-41(9)34(44)48-36(6,7)8)27-17-16-25(20-37-27)35(3,4)5/h10-20,29H,21H2,1-9H3,(H,42,43)(H,38,39,40). The number of amides is 1. The molecule has 260 valence electrons. The molecule has 0 bridgehead atoms. The average Bonchev–Trinajstić information content (AvgIpc) is 2.99. The summed E-state index contributed by atoms with van der Waals surface area (Å²) in [5.74, 6) is -1.56. The molecule has 0 saturated carbocycles. The predicted octanol–water partition coefficient (Wildman–Crippen LogP) is 6.94. The second-order valence-electron chi connectivity index (χ2n) is 13.8. The van der Waals surface area contributed by atoms with Crippen molar-refractivity contribution in [2.24, 2.45) is 0 Å². The highest BCUT2D eigenvalue weighted by Gasteiger charge is 2.27. The van der Waals surface area contributed by atoms with Gasteiger partial charge in [0.15, 0.2) is 6.10 Å². The minimum Gasteiger partial charge on any atom is -0.478 e. The number of carbonyl (C=O) groups excluding carboxylic acids is 1. The molecule has 49 heavy (non-hydrogen) atoms. The molecular weight excluding hydrogens is 646 g/mol. The van der Waals surface area contributed by atoms with Crippen molar-refractivity contribution in [2.75, 3.05) is 18.3 Å². The summed E-state index contributed by atoms with van der Waals surface area (Å²) in [7, 11) is -2.74. The molecule has 4 aromatic rings. The van der Waals surface area contributed by atoms with Gasteiger partial charge in [0.25, 0.3) is 10.0 Å². The lowest BCUT2D eigenvalue weighted by atomic mass is 9.88. The molecule has 0 aliphatic rings. The van der Waals surface area contributed by atoms with Crippen LogP contribution in [0.1, 0.15) is 80.4 Å². The van der Waals surface area contributed by atoms with Crippen molar-refractivity contribution in [3.63, 3.8) is 0 Å². The molecule has 0 spiro atoms. The number of pyridine rings is 1. The van der Waals surface area contributed by atoms with E-state index in [1.54, 1.807) is 40.1 Å². The summed E-state index contributed by atoms with van der Waals surface area (Å²) in [6.45, 7) is 15.4. The molecule has 0 saturated heterocycles. The Hall–Kier alpha value is -5.04. The van der Waals surface area contributed by atoms with Crippen molar-refractivity contribution >= 4 is 28.0 Å². The molecule has 1 atom stereocenters. The highest BCUT2D eigenvalue weighted by Crippen LogP contribution is 2.32. The second-order valence-corrected chi connectivity index (χ2v) is 15.5. The third-order valence-corrected chi connectivity index (χ3v) is 8.77. The number of carbonyl (C=O) groups is 2. The second kappa shape index (κ2) is 14.2. The number of aryl methyl sites for hydroxylation is 2. The van der Waals surface area contributed by atoms with Gasteiger partial charge in [0.2, 0.25) is 11.8 Å². The molecular formula is C36H43N5O7S. The SMILES string of the molecule is Cc1cccc(C)c1-c1cc(OC(CN(C)C(=O)OC(C)(C)C)c2ccc(C(C)(C)C)cn2)nc(NS(=O)(=O)c2cccc(C(=O)O)c2)n1.